The average Bonchev–Trinajstić information content (AvgIpc) is 3.12. The second-order valence-corrected chi connectivity index (χ2v) is 7.24. The Balaban J connectivity index is 2.09. The summed E-state index contributed by atoms with van der Waals surface area (Å²) in [6.45, 7) is 2.44. The van der Waals surface area contributed by atoms with Gasteiger partial charge in [-0.1, -0.05) is 12.1 Å². The Morgan fingerprint density at radius 3 is 2.81 bits per heavy atom. The van der Waals surface area contributed by atoms with Crippen LogP contribution in [0.25, 0.3) is 32.1 Å². The topological polar surface area (TPSA) is 48.1 Å². The minimum Gasteiger partial charge on any atom is -0.496 e. The van der Waals surface area contributed by atoms with Crippen LogP contribution >= 0.6 is 11.3 Å². The van der Waals surface area contributed by atoms with Gasteiger partial charge in [0.05, 0.1) is 17.3 Å². The number of hydrogen-bond donors (Lipinski definition) is 1. The van der Waals surface area contributed by atoms with Gasteiger partial charge < -0.3 is 10.5 Å². The van der Waals surface area contributed by atoms with Crippen LogP contribution in [0.1, 0.15) is 11.1 Å². The fraction of sp³-hybridized carbons (Fsp3) is 0.190. The van der Waals surface area contributed by atoms with E-state index in [1.807, 2.05) is 31.3 Å². The van der Waals surface area contributed by atoms with Crippen LogP contribution in [0.4, 0.5) is 4.39 Å². The van der Waals surface area contributed by atoms with Crippen LogP contribution in [0.15, 0.2) is 41.9 Å². The Hall–Kier alpha value is -2.50. The van der Waals surface area contributed by atoms with Gasteiger partial charge in [0.2, 0.25) is 0 Å². The molecule has 0 fully saturated rings. The van der Waals surface area contributed by atoms with E-state index >= 15 is 0 Å². The highest BCUT2D eigenvalue weighted by atomic mass is 32.1. The van der Waals surface area contributed by atoms with E-state index in [1.54, 1.807) is 24.5 Å². The zero-order valence-corrected chi connectivity index (χ0v) is 15.5. The highest BCUT2D eigenvalue weighted by molar-refractivity contribution is 7.17. The van der Waals surface area contributed by atoms with Crippen LogP contribution in [0.5, 0.6) is 5.75 Å². The number of benzene rings is 2. The monoisotopic (exact) mass is 366 g/mol. The molecule has 0 unspecified atom stereocenters. The molecular weight excluding hydrogens is 347 g/mol. The molecule has 0 aliphatic heterocycles. The van der Waals surface area contributed by atoms with Crippen molar-refractivity contribution in [3.8, 4) is 16.9 Å². The summed E-state index contributed by atoms with van der Waals surface area (Å²) in [4.78, 5) is 4.66. The van der Waals surface area contributed by atoms with Gasteiger partial charge in [-0.3, -0.25) is 4.98 Å². The molecule has 4 rings (SSSR count). The molecule has 0 spiro atoms. The van der Waals surface area contributed by atoms with Gasteiger partial charge in [-0.25, -0.2) is 4.39 Å². The van der Waals surface area contributed by atoms with Crippen molar-refractivity contribution in [3.63, 3.8) is 0 Å². The molecular formula is C21H19FN2OS. The van der Waals surface area contributed by atoms with Crippen molar-refractivity contribution in [3.05, 3.63) is 58.9 Å². The summed E-state index contributed by atoms with van der Waals surface area (Å²) < 4.78 is 21.4. The number of thiophene rings is 1. The summed E-state index contributed by atoms with van der Waals surface area (Å²) in [5.41, 5.74) is 9.81. The number of aromatic nitrogens is 1. The molecule has 0 radical (unpaired) electrons. The lowest BCUT2D eigenvalue weighted by molar-refractivity contribution is 0.416. The number of rotatable bonds is 4. The Labute approximate surface area is 155 Å². The van der Waals surface area contributed by atoms with Crippen LogP contribution in [0, 0.1) is 12.7 Å². The van der Waals surface area contributed by atoms with E-state index in [-0.39, 0.29) is 5.82 Å². The molecule has 4 aromatic rings. The van der Waals surface area contributed by atoms with Crippen molar-refractivity contribution in [2.75, 3.05) is 13.7 Å². The average molecular weight is 366 g/mol. The highest BCUT2D eigenvalue weighted by Gasteiger charge is 2.18. The fourth-order valence-corrected chi connectivity index (χ4v) is 4.23. The van der Waals surface area contributed by atoms with Crippen molar-refractivity contribution in [2.24, 2.45) is 5.73 Å². The predicted octanol–water partition coefficient (Wildman–Crippen LogP) is 5.07. The van der Waals surface area contributed by atoms with E-state index in [4.69, 9.17) is 10.5 Å². The number of methoxy groups -OCH3 is 1. The number of pyridine rings is 1. The van der Waals surface area contributed by atoms with Crippen LogP contribution in [-0.2, 0) is 6.42 Å². The number of nitrogens with zero attached hydrogens (tertiary/aromatic N) is 1. The summed E-state index contributed by atoms with van der Waals surface area (Å²) in [5.74, 6) is 0.482. The van der Waals surface area contributed by atoms with E-state index in [0.717, 1.165) is 43.4 Å². The van der Waals surface area contributed by atoms with Crippen molar-refractivity contribution >= 4 is 32.3 Å². The molecule has 2 aromatic carbocycles. The van der Waals surface area contributed by atoms with E-state index in [9.17, 15) is 4.39 Å². The Kier molecular flexibility index (Phi) is 4.34. The first-order valence-corrected chi connectivity index (χ1v) is 9.34. The first-order valence-electron chi connectivity index (χ1n) is 8.46. The summed E-state index contributed by atoms with van der Waals surface area (Å²) in [5, 5.41) is 4.17. The number of halogens is 1. The molecule has 2 aromatic heterocycles. The van der Waals surface area contributed by atoms with Gasteiger partial charge in [0, 0.05) is 22.5 Å². The molecule has 5 heteroatoms. The molecule has 0 amide bonds. The lowest BCUT2D eigenvalue weighted by atomic mass is 9.94. The summed E-state index contributed by atoms with van der Waals surface area (Å²) in [6, 6.07) is 9.37. The van der Waals surface area contributed by atoms with E-state index in [2.05, 4.69) is 16.4 Å². The Morgan fingerprint density at radius 1 is 1.23 bits per heavy atom. The number of aryl methyl sites for hydroxylation is 1. The number of nitrogens with two attached hydrogens (primary N) is 1. The lowest BCUT2D eigenvalue weighted by Gasteiger charge is -2.16. The van der Waals surface area contributed by atoms with Gasteiger partial charge in [0.25, 0.3) is 0 Å². The first kappa shape index (κ1) is 16.9. The smallest absolute Gasteiger partial charge is 0.127 e. The Bertz CT molecular complexity index is 1120. The third-order valence-electron chi connectivity index (χ3n) is 4.71. The number of ether oxygens (including phenoxy) is 1. The SMILES string of the molecule is COc1cc(C)c2ncc3sccc3c2c1-c1ccc(CCN)c(F)c1. The second-order valence-electron chi connectivity index (χ2n) is 6.30. The van der Waals surface area contributed by atoms with Crippen molar-refractivity contribution < 1.29 is 9.13 Å². The predicted molar refractivity (Wildman–Crippen MR) is 107 cm³/mol. The molecule has 2 N–H and O–H groups in total. The Morgan fingerprint density at radius 2 is 2.08 bits per heavy atom. The van der Waals surface area contributed by atoms with Gasteiger partial charge in [-0.2, -0.15) is 0 Å². The maximum absolute atomic E-state index is 14.6. The molecule has 3 nitrogen and oxygen atoms in total. The van der Waals surface area contributed by atoms with E-state index < -0.39 is 0 Å². The summed E-state index contributed by atoms with van der Waals surface area (Å²) in [7, 11) is 1.64. The number of hydrogen-bond acceptors (Lipinski definition) is 4. The third-order valence-corrected chi connectivity index (χ3v) is 5.56. The zero-order valence-electron chi connectivity index (χ0n) is 14.7. The summed E-state index contributed by atoms with van der Waals surface area (Å²) in [6.07, 6.45) is 2.42. The third kappa shape index (κ3) is 2.64. The largest absolute Gasteiger partial charge is 0.496 e. The van der Waals surface area contributed by atoms with Gasteiger partial charge in [0.15, 0.2) is 0 Å². The molecule has 0 atom stereocenters. The minimum absolute atomic E-state index is 0.241. The van der Waals surface area contributed by atoms with Crippen molar-refractivity contribution in [1.82, 2.24) is 4.98 Å². The number of fused-ring (bicyclic) bond motifs is 3. The fourth-order valence-electron chi connectivity index (χ4n) is 3.46. The van der Waals surface area contributed by atoms with Crippen LogP contribution in [0.3, 0.4) is 0 Å². The molecule has 0 saturated carbocycles. The molecule has 0 bridgehead atoms. The van der Waals surface area contributed by atoms with Gasteiger partial charge in [-0.15, -0.1) is 11.3 Å². The molecule has 26 heavy (non-hydrogen) atoms. The molecule has 0 saturated heterocycles. The van der Waals surface area contributed by atoms with Crippen molar-refractivity contribution in [2.45, 2.75) is 13.3 Å². The quantitative estimate of drug-likeness (QED) is 0.548. The van der Waals surface area contributed by atoms with Gasteiger partial charge in [-0.05, 0) is 60.2 Å². The molecule has 0 aliphatic carbocycles. The van der Waals surface area contributed by atoms with Crippen LogP contribution in [0.2, 0.25) is 0 Å². The van der Waals surface area contributed by atoms with E-state index in [0.29, 0.717) is 18.5 Å². The standard InChI is InChI=1S/C21H19FN2OS/c1-12-9-17(25-2)19(14-4-3-13(5-7-23)16(22)10-14)20-15-6-8-26-18(15)11-24-21(12)20/h3-4,6,8-11H,5,7,23H2,1-2H3. The molecule has 2 heterocycles. The van der Waals surface area contributed by atoms with Crippen molar-refractivity contribution in [1.29, 1.82) is 0 Å². The first-order chi connectivity index (χ1) is 12.6. The maximum Gasteiger partial charge on any atom is 0.127 e. The van der Waals surface area contributed by atoms with Gasteiger partial charge >= 0.3 is 0 Å². The summed E-state index contributed by atoms with van der Waals surface area (Å²) >= 11 is 1.65. The van der Waals surface area contributed by atoms with Gasteiger partial charge in [0.1, 0.15) is 11.6 Å². The molecule has 132 valence electrons. The normalized spacial score (nSPS) is 11.4. The zero-order chi connectivity index (χ0) is 18.3. The lowest BCUT2D eigenvalue weighted by Crippen LogP contribution is -2.04. The minimum atomic E-state index is -0.241. The highest BCUT2D eigenvalue weighted by Crippen LogP contribution is 2.42. The molecule has 0 aliphatic rings. The maximum atomic E-state index is 14.6. The van der Waals surface area contributed by atoms with Crippen LogP contribution in [-0.4, -0.2) is 18.6 Å². The van der Waals surface area contributed by atoms with E-state index in [1.165, 1.54) is 0 Å². The van der Waals surface area contributed by atoms with Crippen LogP contribution < -0.4 is 10.5 Å². The second kappa shape index (κ2) is 6.67.